The van der Waals surface area contributed by atoms with Crippen LogP contribution in [-0.4, -0.2) is 31.1 Å². The summed E-state index contributed by atoms with van der Waals surface area (Å²) in [6.07, 6.45) is 1.65. The summed E-state index contributed by atoms with van der Waals surface area (Å²) in [5.74, 6) is 1.02. The van der Waals surface area contributed by atoms with E-state index in [-0.39, 0.29) is 5.56 Å². The first-order chi connectivity index (χ1) is 15.0. The topological polar surface area (TPSA) is 89.5 Å². The highest BCUT2D eigenvalue weighted by atomic mass is 35.5. The number of methoxy groups -OCH3 is 2. The lowest BCUT2D eigenvalue weighted by atomic mass is 10.1. The fraction of sp³-hybridized carbons (Fsp3) is 0.136. The van der Waals surface area contributed by atoms with E-state index in [9.17, 15) is 9.59 Å². The van der Waals surface area contributed by atoms with Gasteiger partial charge in [-0.2, -0.15) is 0 Å². The number of halogens is 1. The summed E-state index contributed by atoms with van der Waals surface area (Å²) >= 11 is 7.50. The molecule has 0 atom stereocenters. The number of benzene rings is 2. The van der Waals surface area contributed by atoms with Gasteiger partial charge in [-0.1, -0.05) is 29.8 Å². The number of amides is 3. The maximum absolute atomic E-state index is 12.5. The molecule has 0 bridgehead atoms. The van der Waals surface area contributed by atoms with E-state index in [0.717, 1.165) is 16.2 Å². The third-order valence-electron chi connectivity index (χ3n) is 4.18. The average Bonchev–Trinajstić information content (AvgIpc) is 2.78. The van der Waals surface area contributed by atoms with E-state index in [1.54, 1.807) is 42.2 Å². The van der Waals surface area contributed by atoms with Gasteiger partial charge in [-0.15, -0.1) is 11.8 Å². The zero-order valence-electron chi connectivity index (χ0n) is 16.8. The van der Waals surface area contributed by atoms with Gasteiger partial charge in [0.15, 0.2) is 0 Å². The van der Waals surface area contributed by atoms with Crippen molar-refractivity contribution in [2.24, 2.45) is 0 Å². The first-order valence-electron chi connectivity index (χ1n) is 9.16. The highest BCUT2D eigenvalue weighted by Crippen LogP contribution is 2.28. The van der Waals surface area contributed by atoms with Crippen LogP contribution < -0.4 is 20.1 Å². The van der Waals surface area contributed by atoms with Gasteiger partial charge in [-0.25, -0.2) is 9.78 Å². The van der Waals surface area contributed by atoms with Crippen molar-refractivity contribution in [3.8, 4) is 11.5 Å². The molecular formula is C22H20ClN3O4S. The largest absolute Gasteiger partial charge is 0.496 e. The molecule has 31 heavy (non-hydrogen) atoms. The molecule has 0 saturated heterocycles. The number of urea groups is 1. The van der Waals surface area contributed by atoms with Gasteiger partial charge in [-0.05, 0) is 42.0 Å². The molecule has 3 rings (SSSR count). The maximum Gasteiger partial charge on any atom is 0.327 e. The number of anilines is 1. The van der Waals surface area contributed by atoms with Gasteiger partial charge in [0.05, 0.1) is 14.2 Å². The SMILES string of the molecule is COc1cccc(OC)c1C(=O)NC(=O)Nc1ccc(SCc2ccc(Cl)cc2)cn1. The molecule has 0 radical (unpaired) electrons. The second kappa shape index (κ2) is 10.7. The summed E-state index contributed by atoms with van der Waals surface area (Å²) < 4.78 is 10.4. The number of pyridine rings is 1. The van der Waals surface area contributed by atoms with Crippen LogP contribution in [0.15, 0.2) is 65.7 Å². The Morgan fingerprint density at radius 2 is 1.68 bits per heavy atom. The summed E-state index contributed by atoms with van der Waals surface area (Å²) in [6, 6.07) is 15.3. The van der Waals surface area contributed by atoms with Crippen LogP contribution in [0.3, 0.4) is 0 Å². The van der Waals surface area contributed by atoms with Crippen molar-refractivity contribution in [3.05, 3.63) is 76.9 Å². The van der Waals surface area contributed by atoms with Crippen LogP contribution >= 0.6 is 23.4 Å². The molecule has 7 nitrogen and oxygen atoms in total. The van der Waals surface area contributed by atoms with E-state index in [0.29, 0.717) is 22.3 Å². The first-order valence-corrected chi connectivity index (χ1v) is 10.5. The zero-order valence-corrected chi connectivity index (χ0v) is 18.4. The molecule has 0 fully saturated rings. The predicted molar refractivity (Wildman–Crippen MR) is 121 cm³/mol. The third-order valence-corrected chi connectivity index (χ3v) is 5.48. The van der Waals surface area contributed by atoms with Gasteiger partial charge in [0, 0.05) is 21.9 Å². The van der Waals surface area contributed by atoms with Crippen LogP contribution in [0.1, 0.15) is 15.9 Å². The molecule has 1 heterocycles. The fourth-order valence-electron chi connectivity index (χ4n) is 2.68. The van der Waals surface area contributed by atoms with Crippen LogP contribution in [0.5, 0.6) is 11.5 Å². The van der Waals surface area contributed by atoms with Gasteiger partial charge >= 0.3 is 6.03 Å². The van der Waals surface area contributed by atoms with Crippen LogP contribution in [0, 0.1) is 0 Å². The number of nitrogens with one attached hydrogen (secondary N) is 2. The van der Waals surface area contributed by atoms with E-state index in [4.69, 9.17) is 21.1 Å². The van der Waals surface area contributed by atoms with Crippen LogP contribution in [0.25, 0.3) is 0 Å². The highest BCUT2D eigenvalue weighted by molar-refractivity contribution is 7.98. The highest BCUT2D eigenvalue weighted by Gasteiger charge is 2.20. The molecule has 3 aromatic rings. The van der Waals surface area contributed by atoms with Gasteiger partial charge in [0.1, 0.15) is 22.9 Å². The monoisotopic (exact) mass is 457 g/mol. The Morgan fingerprint density at radius 1 is 1.00 bits per heavy atom. The first kappa shape index (κ1) is 22.5. The molecular weight excluding hydrogens is 438 g/mol. The minimum atomic E-state index is -0.716. The van der Waals surface area contributed by atoms with Crippen molar-refractivity contribution in [3.63, 3.8) is 0 Å². The Bertz CT molecular complexity index is 1040. The van der Waals surface area contributed by atoms with E-state index >= 15 is 0 Å². The molecule has 9 heteroatoms. The Morgan fingerprint density at radius 3 is 2.26 bits per heavy atom. The van der Waals surface area contributed by atoms with Gasteiger partial charge in [-0.3, -0.25) is 15.4 Å². The van der Waals surface area contributed by atoms with Crippen molar-refractivity contribution in [1.29, 1.82) is 0 Å². The molecule has 3 amide bonds. The number of aromatic nitrogens is 1. The standard InChI is InChI=1S/C22H20ClN3O4S/c1-29-17-4-3-5-18(30-2)20(17)21(27)26-22(28)25-19-11-10-16(12-24-19)31-13-14-6-8-15(23)9-7-14/h3-12H,13H2,1-2H3,(H2,24,25,26,27,28). The normalized spacial score (nSPS) is 10.3. The fourth-order valence-corrected chi connectivity index (χ4v) is 3.62. The predicted octanol–water partition coefficient (Wildman–Crippen LogP) is 5.01. The molecule has 0 saturated carbocycles. The Balaban J connectivity index is 1.57. The lowest BCUT2D eigenvalue weighted by Gasteiger charge is -2.12. The molecule has 0 aliphatic carbocycles. The number of imide groups is 1. The Hall–Kier alpha value is -3.23. The molecule has 1 aromatic heterocycles. The van der Waals surface area contributed by atoms with Gasteiger partial charge in [0.2, 0.25) is 0 Å². The molecule has 0 spiro atoms. The lowest BCUT2D eigenvalue weighted by molar-refractivity contribution is 0.0961. The molecule has 160 valence electrons. The maximum atomic E-state index is 12.5. The van der Waals surface area contributed by atoms with Crippen LogP contribution in [0.2, 0.25) is 5.02 Å². The van der Waals surface area contributed by atoms with Crippen molar-refractivity contribution in [2.75, 3.05) is 19.5 Å². The van der Waals surface area contributed by atoms with Gasteiger partial charge < -0.3 is 9.47 Å². The Labute approximate surface area is 189 Å². The van der Waals surface area contributed by atoms with E-state index in [1.807, 2.05) is 30.3 Å². The summed E-state index contributed by atoms with van der Waals surface area (Å²) in [7, 11) is 2.87. The smallest absolute Gasteiger partial charge is 0.327 e. The number of ether oxygens (including phenoxy) is 2. The summed E-state index contributed by atoms with van der Waals surface area (Å²) in [6.45, 7) is 0. The van der Waals surface area contributed by atoms with Crippen molar-refractivity contribution < 1.29 is 19.1 Å². The zero-order chi connectivity index (χ0) is 22.2. The van der Waals surface area contributed by atoms with Crippen LogP contribution in [0.4, 0.5) is 10.6 Å². The number of hydrogen-bond acceptors (Lipinski definition) is 6. The summed E-state index contributed by atoms with van der Waals surface area (Å²) in [5, 5.41) is 5.49. The molecule has 2 N–H and O–H groups in total. The van der Waals surface area contributed by atoms with E-state index in [2.05, 4.69) is 15.6 Å². The molecule has 0 aliphatic rings. The second-order valence-electron chi connectivity index (χ2n) is 6.24. The molecule has 2 aromatic carbocycles. The lowest BCUT2D eigenvalue weighted by Crippen LogP contribution is -2.35. The number of nitrogens with zero attached hydrogens (tertiary/aromatic N) is 1. The number of thioether (sulfide) groups is 1. The number of rotatable bonds is 7. The molecule has 0 aliphatic heterocycles. The van der Waals surface area contributed by atoms with Gasteiger partial charge in [0.25, 0.3) is 5.91 Å². The van der Waals surface area contributed by atoms with Crippen molar-refractivity contribution in [1.82, 2.24) is 10.3 Å². The quantitative estimate of drug-likeness (QED) is 0.485. The number of carbonyl (C=O) groups excluding carboxylic acids is 2. The third kappa shape index (κ3) is 6.13. The number of hydrogen-bond donors (Lipinski definition) is 2. The van der Waals surface area contributed by atoms with E-state index in [1.165, 1.54) is 14.2 Å². The minimum absolute atomic E-state index is 0.129. The Kier molecular flexibility index (Phi) is 7.75. The van der Waals surface area contributed by atoms with Crippen molar-refractivity contribution >= 4 is 41.1 Å². The van der Waals surface area contributed by atoms with Crippen molar-refractivity contribution in [2.45, 2.75) is 10.6 Å². The minimum Gasteiger partial charge on any atom is -0.496 e. The summed E-state index contributed by atoms with van der Waals surface area (Å²) in [5.41, 5.74) is 1.27. The van der Waals surface area contributed by atoms with E-state index < -0.39 is 11.9 Å². The second-order valence-corrected chi connectivity index (χ2v) is 7.73. The number of carbonyl (C=O) groups is 2. The summed E-state index contributed by atoms with van der Waals surface area (Å²) in [4.78, 5) is 29.9. The molecule has 0 unspecified atom stereocenters. The average molecular weight is 458 g/mol. The van der Waals surface area contributed by atoms with Crippen LogP contribution in [-0.2, 0) is 5.75 Å².